The molecule has 0 unspecified atom stereocenters. The highest BCUT2D eigenvalue weighted by atomic mass is 16.6. The van der Waals surface area contributed by atoms with E-state index in [0.717, 1.165) is 0 Å². The van der Waals surface area contributed by atoms with Crippen molar-refractivity contribution in [2.24, 2.45) is 0 Å². The number of alkyl carbamates (subject to hydrolysis) is 1. The molecule has 1 amide bonds. The van der Waals surface area contributed by atoms with Crippen LogP contribution in [0.15, 0.2) is 11.0 Å². The van der Waals surface area contributed by atoms with E-state index in [-0.39, 0.29) is 11.2 Å². The lowest BCUT2D eigenvalue weighted by Gasteiger charge is -2.19. The third-order valence-corrected chi connectivity index (χ3v) is 1.91. The van der Waals surface area contributed by atoms with Crippen molar-refractivity contribution in [2.45, 2.75) is 32.8 Å². The Hall–Kier alpha value is -2.05. The second kappa shape index (κ2) is 5.52. The summed E-state index contributed by atoms with van der Waals surface area (Å²) in [6.45, 7) is 5.67. The fraction of sp³-hybridized carbons (Fsp3) is 0.545. The predicted molar refractivity (Wildman–Crippen MR) is 67.2 cm³/mol. The summed E-state index contributed by atoms with van der Waals surface area (Å²) in [7, 11) is 0. The summed E-state index contributed by atoms with van der Waals surface area (Å²) in [6.07, 6.45) is 1.19. The van der Waals surface area contributed by atoms with Gasteiger partial charge in [0.2, 0.25) is 0 Å². The summed E-state index contributed by atoms with van der Waals surface area (Å²) in [5.41, 5.74) is 4.50. The number of carbonyl (C=O) groups is 1. The lowest BCUT2D eigenvalue weighted by Crippen LogP contribution is -2.33. The van der Waals surface area contributed by atoms with Crippen molar-refractivity contribution in [1.82, 2.24) is 15.3 Å². The first kappa shape index (κ1) is 14.0. The molecule has 100 valence electrons. The van der Waals surface area contributed by atoms with Crippen molar-refractivity contribution in [3.8, 4) is 0 Å². The summed E-state index contributed by atoms with van der Waals surface area (Å²) in [5.74, 6) is 0.463. The molecular weight excluding hydrogens is 236 g/mol. The second-order valence-electron chi connectivity index (χ2n) is 4.79. The van der Waals surface area contributed by atoms with Crippen LogP contribution in [0.3, 0.4) is 0 Å². The van der Waals surface area contributed by atoms with Crippen LogP contribution in [0.25, 0.3) is 0 Å². The number of ether oxygens (including phenoxy) is 1. The molecule has 0 aromatic carbocycles. The van der Waals surface area contributed by atoms with E-state index in [1.807, 2.05) is 0 Å². The van der Waals surface area contributed by atoms with Gasteiger partial charge in [0.1, 0.15) is 17.1 Å². The van der Waals surface area contributed by atoms with E-state index >= 15 is 0 Å². The lowest BCUT2D eigenvalue weighted by molar-refractivity contribution is 0.0528. The Bertz CT molecular complexity index is 476. The third-order valence-electron chi connectivity index (χ3n) is 1.91. The number of nitrogens with zero attached hydrogens (tertiary/aromatic N) is 1. The second-order valence-corrected chi connectivity index (χ2v) is 4.79. The zero-order valence-corrected chi connectivity index (χ0v) is 10.7. The molecular formula is C11H18N4O3. The van der Waals surface area contributed by atoms with Gasteiger partial charge in [-0.05, 0) is 20.8 Å². The Morgan fingerprint density at radius 2 is 2.22 bits per heavy atom. The molecule has 1 rings (SSSR count). The maximum absolute atomic E-state index is 11.3. The first-order valence-electron chi connectivity index (χ1n) is 5.58. The van der Waals surface area contributed by atoms with Gasteiger partial charge in [0.15, 0.2) is 0 Å². The van der Waals surface area contributed by atoms with Gasteiger partial charge >= 0.3 is 6.09 Å². The van der Waals surface area contributed by atoms with E-state index in [0.29, 0.717) is 18.8 Å². The summed E-state index contributed by atoms with van der Waals surface area (Å²) < 4.78 is 5.06. The molecule has 0 bridgehead atoms. The Balaban J connectivity index is 2.40. The monoisotopic (exact) mass is 254 g/mol. The number of nitrogen functional groups attached to an aromatic ring is 1. The van der Waals surface area contributed by atoms with Crippen molar-refractivity contribution in [3.05, 3.63) is 22.4 Å². The normalized spacial score (nSPS) is 11.1. The van der Waals surface area contributed by atoms with Gasteiger partial charge in [-0.3, -0.25) is 4.79 Å². The fourth-order valence-corrected chi connectivity index (χ4v) is 1.17. The molecule has 4 N–H and O–H groups in total. The SMILES string of the molecule is CC(C)(C)OC(=O)NCCc1ncc(N)c(=O)[nH]1. The van der Waals surface area contributed by atoms with Gasteiger partial charge in [-0.2, -0.15) is 0 Å². The first-order valence-corrected chi connectivity index (χ1v) is 5.58. The third kappa shape index (κ3) is 4.86. The smallest absolute Gasteiger partial charge is 0.407 e. The van der Waals surface area contributed by atoms with E-state index in [9.17, 15) is 9.59 Å². The average molecular weight is 254 g/mol. The minimum atomic E-state index is -0.530. The van der Waals surface area contributed by atoms with Crippen LogP contribution in [0.5, 0.6) is 0 Å². The van der Waals surface area contributed by atoms with Gasteiger partial charge in [0, 0.05) is 13.0 Å². The maximum Gasteiger partial charge on any atom is 0.407 e. The number of nitrogens with two attached hydrogens (primary N) is 1. The summed E-state index contributed by atoms with van der Waals surface area (Å²) in [5, 5.41) is 2.57. The van der Waals surface area contributed by atoms with Crippen molar-refractivity contribution >= 4 is 11.8 Å². The van der Waals surface area contributed by atoms with Crippen LogP contribution in [-0.4, -0.2) is 28.2 Å². The van der Waals surface area contributed by atoms with Gasteiger partial charge in [-0.15, -0.1) is 0 Å². The predicted octanol–water partition coefficient (Wildman–Crippen LogP) is 0.419. The number of anilines is 1. The standard InChI is InChI=1S/C11H18N4O3/c1-11(2,3)18-10(17)13-5-4-8-14-6-7(12)9(16)15-8/h6H,4-5,12H2,1-3H3,(H,13,17)(H,14,15,16). The van der Waals surface area contributed by atoms with Crippen molar-refractivity contribution in [1.29, 1.82) is 0 Å². The lowest BCUT2D eigenvalue weighted by atomic mass is 10.2. The van der Waals surface area contributed by atoms with Crippen molar-refractivity contribution < 1.29 is 9.53 Å². The van der Waals surface area contributed by atoms with Crippen LogP contribution in [-0.2, 0) is 11.2 Å². The number of hydrogen-bond donors (Lipinski definition) is 3. The molecule has 7 nitrogen and oxygen atoms in total. The minimum absolute atomic E-state index is 0.0684. The summed E-state index contributed by atoms with van der Waals surface area (Å²) >= 11 is 0. The molecule has 0 aliphatic carbocycles. The van der Waals surface area contributed by atoms with Gasteiger partial charge < -0.3 is 20.8 Å². The first-order chi connectivity index (χ1) is 8.28. The number of rotatable bonds is 3. The molecule has 1 heterocycles. The molecule has 0 saturated carbocycles. The topological polar surface area (TPSA) is 110 Å². The number of aromatic nitrogens is 2. The van der Waals surface area contributed by atoms with Crippen molar-refractivity contribution in [3.63, 3.8) is 0 Å². The molecule has 0 spiro atoms. The van der Waals surface area contributed by atoms with Crippen LogP contribution < -0.4 is 16.6 Å². The van der Waals surface area contributed by atoms with E-state index in [1.165, 1.54) is 6.20 Å². The highest BCUT2D eigenvalue weighted by Gasteiger charge is 2.15. The molecule has 0 radical (unpaired) electrons. The molecule has 0 saturated heterocycles. The van der Waals surface area contributed by atoms with E-state index < -0.39 is 11.7 Å². The molecule has 18 heavy (non-hydrogen) atoms. The van der Waals surface area contributed by atoms with Gasteiger partial charge in [-0.25, -0.2) is 9.78 Å². The number of H-pyrrole nitrogens is 1. The molecule has 0 aliphatic heterocycles. The summed E-state index contributed by atoms with van der Waals surface area (Å²) in [4.78, 5) is 29.0. The van der Waals surface area contributed by atoms with Crippen LogP contribution in [0.4, 0.5) is 10.5 Å². The minimum Gasteiger partial charge on any atom is -0.444 e. The van der Waals surface area contributed by atoms with E-state index in [2.05, 4.69) is 15.3 Å². The number of amides is 1. The molecule has 1 aromatic heterocycles. The quantitative estimate of drug-likeness (QED) is 0.724. The number of aromatic amines is 1. The van der Waals surface area contributed by atoms with Crippen LogP contribution in [0.2, 0.25) is 0 Å². The zero-order chi connectivity index (χ0) is 13.8. The average Bonchev–Trinajstić information content (AvgIpc) is 2.20. The molecule has 7 heteroatoms. The molecule has 0 fully saturated rings. The highest BCUT2D eigenvalue weighted by molar-refractivity contribution is 5.67. The van der Waals surface area contributed by atoms with Gasteiger partial charge in [0.05, 0.1) is 6.20 Å². The van der Waals surface area contributed by atoms with Crippen molar-refractivity contribution in [2.75, 3.05) is 12.3 Å². The van der Waals surface area contributed by atoms with E-state index in [1.54, 1.807) is 20.8 Å². The number of carbonyl (C=O) groups excluding carboxylic acids is 1. The Labute approximate surface area is 105 Å². The number of nitrogens with one attached hydrogen (secondary N) is 2. The molecule has 0 atom stereocenters. The van der Waals surface area contributed by atoms with Gasteiger partial charge in [-0.1, -0.05) is 0 Å². The Morgan fingerprint density at radius 3 is 2.78 bits per heavy atom. The van der Waals surface area contributed by atoms with Crippen LogP contribution >= 0.6 is 0 Å². The van der Waals surface area contributed by atoms with Crippen LogP contribution in [0.1, 0.15) is 26.6 Å². The van der Waals surface area contributed by atoms with Gasteiger partial charge in [0.25, 0.3) is 5.56 Å². The zero-order valence-electron chi connectivity index (χ0n) is 10.7. The Kier molecular flexibility index (Phi) is 4.30. The van der Waals surface area contributed by atoms with E-state index in [4.69, 9.17) is 10.5 Å². The summed E-state index contributed by atoms with van der Waals surface area (Å²) in [6, 6.07) is 0. The van der Waals surface area contributed by atoms with Crippen LogP contribution in [0, 0.1) is 0 Å². The Morgan fingerprint density at radius 1 is 1.56 bits per heavy atom. The molecule has 0 aliphatic rings. The number of hydrogen-bond acceptors (Lipinski definition) is 5. The fourth-order valence-electron chi connectivity index (χ4n) is 1.17. The molecule has 1 aromatic rings. The maximum atomic E-state index is 11.3. The highest BCUT2D eigenvalue weighted by Crippen LogP contribution is 2.06. The largest absolute Gasteiger partial charge is 0.444 e.